The second-order valence-corrected chi connectivity index (χ2v) is 5.55. The molecule has 1 amide bonds. The van der Waals surface area contributed by atoms with Gasteiger partial charge in [0.25, 0.3) is 0 Å². The van der Waals surface area contributed by atoms with Crippen molar-refractivity contribution in [3.8, 4) is 0 Å². The fourth-order valence-electron chi connectivity index (χ4n) is 1.97. The van der Waals surface area contributed by atoms with E-state index in [-0.39, 0.29) is 31.8 Å². The first-order valence-electron chi connectivity index (χ1n) is 6.04. The summed E-state index contributed by atoms with van der Waals surface area (Å²) in [5.41, 5.74) is -0.636. The Balaban J connectivity index is 2.60. The van der Waals surface area contributed by atoms with Crippen LogP contribution >= 0.6 is 0 Å². The summed E-state index contributed by atoms with van der Waals surface area (Å²) in [7, 11) is 0. The Kier molecular flexibility index (Phi) is 4.53. The van der Waals surface area contributed by atoms with E-state index in [1.807, 2.05) is 0 Å². The van der Waals surface area contributed by atoms with E-state index >= 15 is 0 Å². The lowest BCUT2D eigenvalue weighted by atomic mass is 10.1. The van der Waals surface area contributed by atoms with E-state index in [2.05, 4.69) is 0 Å². The second-order valence-electron chi connectivity index (χ2n) is 5.55. The van der Waals surface area contributed by atoms with Gasteiger partial charge < -0.3 is 14.7 Å². The Morgan fingerprint density at radius 1 is 1.44 bits per heavy atom. The number of nitrogens with zero attached hydrogens (tertiary/aromatic N) is 1. The van der Waals surface area contributed by atoms with E-state index in [1.54, 1.807) is 20.8 Å². The highest BCUT2D eigenvalue weighted by Crippen LogP contribution is 2.26. The fourth-order valence-corrected chi connectivity index (χ4v) is 1.97. The minimum Gasteiger partial charge on any atom is -0.481 e. The van der Waals surface area contributed by atoms with E-state index < -0.39 is 23.8 Å². The average molecular weight is 261 g/mol. The first kappa shape index (κ1) is 14.7. The van der Waals surface area contributed by atoms with Crippen LogP contribution in [0.25, 0.3) is 0 Å². The smallest absolute Gasteiger partial charge is 0.410 e. The van der Waals surface area contributed by atoms with E-state index in [9.17, 15) is 14.0 Å². The Morgan fingerprint density at radius 2 is 2.06 bits per heavy atom. The van der Waals surface area contributed by atoms with Crippen molar-refractivity contribution in [1.82, 2.24) is 4.90 Å². The molecule has 1 aliphatic rings. The zero-order valence-corrected chi connectivity index (χ0v) is 11.0. The molecule has 1 saturated heterocycles. The molecule has 0 radical (unpaired) electrons. The first-order valence-corrected chi connectivity index (χ1v) is 6.04. The van der Waals surface area contributed by atoms with Crippen molar-refractivity contribution in [1.29, 1.82) is 0 Å². The quantitative estimate of drug-likeness (QED) is 0.845. The largest absolute Gasteiger partial charge is 0.481 e. The zero-order chi connectivity index (χ0) is 13.9. The molecule has 1 heterocycles. The molecule has 1 N–H and O–H groups in total. The molecule has 104 valence electrons. The van der Waals surface area contributed by atoms with Crippen molar-refractivity contribution in [2.24, 2.45) is 0 Å². The van der Waals surface area contributed by atoms with E-state index in [1.165, 1.54) is 4.90 Å². The third-order valence-electron chi connectivity index (χ3n) is 2.68. The van der Waals surface area contributed by atoms with Gasteiger partial charge in [-0.15, -0.1) is 0 Å². The number of aliphatic carboxylic acids is 1. The van der Waals surface area contributed by atoms with Gasteiger partial charge in [0.1, 0.15) is 11.8 Å². The summed E-state index contributed by atoms with van der Waals surface area (Å²) in [4.78, 5) is 23.7. The molecule has 1 aliphatic heterocycles. The van der Waals surface area contributed by atoms with Crippen LogP contribution in [0.4, 0.5) is 9.18 Å². The summed E-state index contributed by atoms with van der Waals surface area (Å²) in [5, 5.41) is 8.62. The Bertz CT molecular complexity index is 327. The lowest BCUT2D eigenvalue weighted by Crippen LogP contribution is -2.40. The van der Waals surface area contributed by atoms with Crippen LogP contribution in [-0.2, 0) is 9.53 Å². The second kappa shape index (κ2) is 5.54. The maximum absolute atomic E-state index is 13.3. The molecule has 0 aliphatic carbocycles. The molecule has 18 heavy (non-hydrogen) atoms. The molecule has 0 aromatic heterocycles. The molecular weight excluding hydrogens is 241 g/mol. The van der Waals surface area contributed by atoms with Gasteiger partial charge in [0.05, 0.1) is 6.54 Å². The van der Waals surface area contributed by atoms with Crippen LogP contribution in [0, 0.1) is 0 Å². The normalized spacial score (nSPS) is 24.1. The SMILES string of the molecule is CC(C)(C)OC(=O)N1CC(F)CC1CCC(=O)O. The highest BCUT2D eigenvalue weighted by molar-refractivity contribution is 5.70. The Labute approximate surface area is 106 Å². The van der Waals surface area contributed by atoms with Crippen molar-refractivity contribution >= 4 is 12.1 Å². The lowest BCUT2D eigenvalue weighted by Gasteiger charge is -2.28. The molecule has 5 nitrogen and oxygen atoms in total. The standard InChI is InChI=1S/C12H20FNO4/c1-12(2,3)18-11(17)14-7-8(13)6-9(14)4-5-10(15)16/h8-9H,4-7H2,1-3H3,(H,15,16). The Hall–Kier alpha value is -1.33. The molecule has 6 heteroatoms. The van der Waals surface area contributed by atoms with Crippen molar-refractivity contribution in [3.63, 3.8) is 0 Å². The summed E-state index contributed by atoms with van der Waals surface area (Å²) in [6.45, 7) is 5.19. The van der Waals surface area contributed by atoms with Crippen molar-refractivity contribution in [2.75, 3.05) is 6.54 Å². The predicted molar refractivity (Wildman–Crippen MR) is 63.1 cm³/mol. The molecule has 2 unspecified atom stereocenters. The van der Waals surface area contributed by atoms with Crippen LogP contribution in [0.2, 0.25) is 0 Å². The maximum Gasteiger partial charge on any atom is 0.410 e. The minimum atomic E-state index is -1.10. The van der Waals surface area contributed by atoms with Gasteiger partial charge >= 0.3 is 12.1 Å². The number of rotatable bonds is 3. The maximum atomic E-state index is 13.3. The summed E-state index contributed by atoms with van der Waals surface area (Å²) in [5.74, 6) is -0.943. The minimum absolute atomic E-state index is 0.0147. The molecule has 0 aromatic rings. The zero-order valence-electron chi connectivity index (χ0n) is 11.0. The van der Waals surface area contributed by atoms with Gasteiger partial charge in [0.15, 0.2) is 0 Å². The van der Waals surface area contributed by atoms with Gasteiger partial charge in [-0.2, -0.15) is 0 Å². The monoisotopic (exact) mass is 261 g/mol. The average Bonchev–Trinajstić information content (AvgIpc) is 2.54. The van der Waals surface area contributed by atoms with Gasteiger partial charge in [-0.05, 0) is 27.2 Å². The number of amides is 1. The van der Waals surface area contributed by atoms with Crippen LogP contribution in [0.3, 0.4) is 0 Å². The van der Waals surface area contributed by atoms with Gasteiger partial charge in [-0.25, -0.2) is 9.18 Å². The van der Waals surface area contributed by atoms with Gasteiger partial charge in [0, 0.05) is 18.9 Å². The van der Waals surface area contributed by atoms with Crippen molar-refractivity contribution in [3.05, 3.63) is 0 Å². The molecule has 1 rings (SSSR count). The third kappa shape index (κ3) is 4.50. The number of carbonyl (C=O) groups excluding carboxylic acids is 1. The molecule has 1 fully saturated rings. The van der Waals surface area contributed by atoms with E-state index in [0.717, 1.165) is 0 Å². The van der Waals surface area contributed by atoms with Crippen LogP contribution in [0.1, 0.15) is 40.0 Å². The van der Waals surface area contributed by atoms with Gasteiger partial charge in [0.2, 0.25) is 0 Å². The summed E-state index contributed by atoms with van der Waals surface area (Å²) < 4.78 is 18.5. The van der Waals surface area contributed by atoms with Gasteiger partial charge in [-0.3, -0.25) is 4.79 Å². The molecule has 0 aromatic carbocycles. The molecule has 0 saturated carbocycles. The first-order chi connectivity index (χ1) is 8.19. The summed E-state index contributed by atoms with van der Waals surface area (Å²) >= 11 is 0. The fraction of sp³-hybridized carbons (Fsp3) is 0.833. The number of ether oxygens (including phenoxy) is 1. The van der Waals surface area contributed by atoms with Crippen LogP contribution in [-0.4, -0.2) is 46.4 Å². The highest BCUT2D eigenvalue weighted by Gasteiger charge is 2.37. The topological polar surface area (TPSA) is 66.8 Å². The molecule has 0 spiro atoms. The number of alkyl halides is 1. The van der Waals surface area contributed by atoms with Crippen LogP contribution in [0.5, 0.6) is 0 Å². The lowest BCUT2D eigenvalue weighted by molar-refractivity contribution is -0.137. The molecular formula is C12H20FNO4. The van der Waals surface area contributed by atoms with E-state index in [4.69, 9.17) is 9.84 Å². The number of hydrogen-bond acceptors (Lipinski definition) is 3. The summed E-state index contributed by atoms with van der Waals surface area (Å²) in [6.07, 6.45) is -1.30. The number of carboxylic acid groups (broad SMARTS) is 1. The van der Waals surface area contributed by atoms with Crippen LogP contribution < -0.4 is 0 Å². The number of carbonyl (C=O) groups is 2. The van der Waals surface area contributed by atoms with Crippen LogP contribution in [0.15, 0.2) is 0 Å². The highest BCUT2D eigenvalue weighted by atomic mass is 19.1. The predicted octanol–water partition coefficient (Wildman–Crippen LogP) is 2.20. The molecule has 0 bridgehead atoms. The van der Waals surface area contributed by atoms with E-state index in [0.29, 0.717) is 0 Å². The van der Waals surface area contributed by atoms with Crippen molar-refractivity contribution in [2.45, 2.75) is 57.8 Å². The summed E-state index contributed by atoms with van der Waals surface area (Å²) in [6, 6.07) is -0.383. The molecule has 2 atom stereocenters. The number of likely N-dealkylation sites (tertiary alicyclic amines) is 1. The van der Waals surface area contributed by atoms with Gasteiger partial charge in [-0.1, -0.05) is 0 Å². The number of halogens is 1. The third-order valence-corrected chi connectivity index (χ3v) is 2.68. The Morgan fingerprint density at radius 3 is 2.56 bits per heavy atom. The number of hydrogen-bond donors (Lipinski definition) is 1. The van der Waals surface area contributed by atoms with Crippen molar-refractivity contribution < 1.29 is 23.8 Å². The number of carboxylic acids is 1.